The Labute approximate surface area is 246 Å². The highest BCUT2D eigenvalue weighted by atomic mass is 16.5. The van der Waals surface area contributed by atoms with Crippen molar-refractivity contribution in [1.82, 2.24) is 30.2 Å². The van der Waals surface area contributed by atoms with Crippen LogP contribution in [0.3, 0.4) is 0 Å². The summed E-state index contributed by atoms with van der Waals surface area (Å²) in [5.41, 5.74) is 1.05. The molecule has 3 atom stereocenters. The lowest BCUT2D eigenvalue weighted by Gasteiger charge is -2.34. The van der Waals surface area contributed by atoms with Gasteiger partial charge in [-0.1, -0.05) is 51.1 Å². The molecule has 2 fully saturated rings. The van der Waals surface area contributed by atoms with E-state index in [4.69, 9.17) is 9.47 Å². The van der Waals surface area contributed by atoms with Crippen LogP contribution in [0.1, 0.15) is 76.6 Å². The highest BCUT2D eigenvalue weighted by molar-refractivity contribution is 5.90. The van der Waals surface area contributed by atoms with E-state index in [1.165, 1.54) is 4.90 Å². The van der Waals surface area contributed by atoms with Crippen molar-refractivity contribution >= 4 is 11.8 Å². The fourth-order valence-electron chi connectivity index (χ4n) is 5.25. The van der Waals surface area contributed by atoms with E-state index in [-0.39, 0.29) is 31.3 Å². The van der Waals surface area contributed by atoms with Crippen molar-refractivity contribution in [2.24, 2.45) is 5.41 Å². The summed E-state index contributed by atoms with van der Waals surface area (Å²) < 4.78 is 13.5. The first kappa shape index (κ1) is 29.5. The van der Waals surface area contributed by atoms with Gasteiger partial charge in [0.15, 0.2) is 11.5 Å². The maximum absolute atomic E-state index is 14.0. The Bertz CT molecular complexity index is 1400. The maximum atomic E-state index is 14.0. The molecule has 2 aromatic heterocycles. The highest BCUT2D eigenvalue weighted by Crippen LogP contribution is 2.40. The molecule has 11 heteroatoms. The first-order chi connectivity index (χ1) is 20.2. The normalized spacial score (nSPS) is 19.4. The molecule has 2 unspecified atom stereocenters. The molecule has 1 aromatic carbocycles. The Morgan fingerprint density at radius 3 is 2.62 bits per heavy atom. The molecule has 2 amide bonds. The van der Waals surface area contributed by atoms with Gasteiger partial charge in [-0.3, -0.25) is 9.59 Å². The molecule has 11 nitrogen and oxygen atoms in total. The molecule has 2 aliphatic rings. The standard InChI is InChI=1S/C31H40N6O5/c1-5-15-41-25-10-6-7-11-26(25)42-29-21(9-8-14-32-29)17-33-28(39)24-16-22(38)18-36(24)30(40)27(31(2,3)4)37-19-23(34-35-37)20-12-13-20/h6-11,14,19-20,22,24,27,38H,5,12-13,15-18H2,1-4H3,(H,33,39)/t22?,24?,27-/m1/s1. The maximum Gasteiger partial charge on any atom is 0.248 e. The quantitative estimate of drug-likeness (QED) is 0.350. The number of carbonyl (C=O) groups excluding carboxylic acids is 2. The third-order valence-electron chi connectivity index (χ3n) is 7.53. The third-order valence-corrected chi connectivity index (χ3v) is 7.53. The SMILES string of the molecule is CCCOc1ccccc1Oc1ncccc1CNC(=O)C1CC(O)CN1C(=O)[C@@H](n1cc(C2CC2)nn1)C(C)(C)C. The largest absolute Gasteiger partial charge is 0.490 e. The van der Waals surface area contributed by atoms with E-state index in [9.17, 15) is 14.7 Å². The molecule has 42 heavy (non-hydrogen) atoms. The number of β-amino-alcohol motifs (C(OH)–C–C–N with tert-alkyl or cyclic N) is 1. The van der Waals surface area contributed by atoms with Crippen molar-refractivity contribution < 1.29 is 24.2 Å². The summed E-state index contributed by atoms with van der Waals surface area (Å²) in [5, 5.41) is 22.1. The van der Waals surface area contributed by atoms with Crippen molar-refractivity contribution in [3.05, 3.63) is 60.0 Å². The second-order valence-corrected chi connectivity index (χ2v) is 12.1. The second kappa shape index (κ2) is 12.5. The molecule has 3 heterocycles. The lowest BCUT2D eigenvalue weighted by molar-refractivity contribution is -0.144. The topological polar surface area (TPSA) is 132 Å². The van der Waals surface area contributed by atoms with Crippen LogP contribution in [0, 0.1) is 5.41 Å². The molecule has 3 aromatic rings. The smallest absolute Gasteiger partial charge is 0.248 e. The summed E-state index contributed by atoms with van der Waals surface area (Å²) in [6.45, 7) is 8.68. The Kier molecular flexibility index (Phi) is 8.77. The van der Waals surface area contributed by atoms with Crippen LogP contribution in [-0.2, 0) is 16.1 Å². The van der Waals surface area contributed by atoms with Crippen molar-refractivity contribution in [3.63, 3.8) is 0 Å². The minimum Gasteiger partial charge on any atom is -0.490 e. The fourth-order valence-corrected chi connectivity index (χ4v) is 5.25. The number of carbonyl (C=O) groups is 2. The number of aliphatic hydroxyl groups excluding tert-OH is 1. The van der Waals surface area contributed by atoms with Crippen molar-refractivity contribution in [2.45, 2.75) is 84.0 Å². The molecular formula is C31H40N6O5. The molecule has 0 spiro atoms. The lowest BCUT2D eigenvalue weighted by atomic mass is 9.85. The van der Waals surface area contributed by atoms with Crippen LogP contribution in [-0.4, -0.2) is 67.1 Å². The van der Waals surface area contributed by atoms with Gasteiger partial charge in [-0.25, -0.2) is 9.67 Å². The number of hydrogen-bond acceptors (Lipinski definition) is 8. The van der Waals surface area contributed by atoms with Crippen LogP contribution in [0.15, 0.2) is 48.8 Å². The zero-order chi connectivity index (χ0) is 29.9. The van der Waals surface area contributed by atoms with Gasteiger partial charge in [-0.15, -0.1) is 5.10 Å². The molecule has 2 N–H and O–H groups in total. The Morgan fingerprint density at radius 2 is 1.90 bits per heavy atom. The van der Waals surface area contributed by atoms with Gasteiger partial charge in [-0.05, 0) is 42.9 Å². The van der Waals surface area contributed by atoms with Crippen LogP contribution in [0.2, 0.25) is 0 Å². The van der Waals surface area contributed by atoms with Gasteiger partial charge in [0.1, 0.15) is 12.1 Å². The number of benzene rings is 1. The van der Waals surface area contributed by atoms with E-state index >= 15 is 0 Å². The first-order valence-electron chi connectivity index (χ1n) is 14.7. The monoisotopic (exact) mass is 576 g/mol. The number of aromatic nitrogens is 4. The zero-order valence-corrected chi connectivity index (χ0v) is 24.7. The van der Waals surface area contributed by atoms with Gasteiger partial charge >= 0.3 is 0 Å². The van der Waals surface area contributed by atoms with Crippen LogP contribution in [0.5, 0.6) is 17.4 Å². The summed E-state index contributed by atoms with van der Waals surface area (Å²) in [5.74, 6) is 1.26. The molecule has 224 valence electrons. The van der Waals surface area contributed by atoms with E-state index in [2.05, 4.69) is 20.6 Å². The van der Waals surface area contributed by atoms with E-state index in [1.807, 2.05) is 58.2 Å². The number of ether oxygens (including phenoxy) is 2. The summed E-state index contributed by atoms with van der Waals surface area (Å²) in [6.07, 6.45) is 5.84. The van der Waals surface area contributed by atoms with Gasteiger partial charge in [0.2, 0.25) is 17.7 Å². The third kappa shape index (κ3) is 6.73. The van der Waals surface area contributed by atoms with E-state index in [1.54, 1.807) is 23.0 Å². The number of likely N-dealkylation sites (tertiary alicyclic amines) is 1. The lowest BCUT2D eigenvalue weighted by Crippen LogP contribution is -2.50. The summed E-state index contributed by atoms with van der Waals surface area (Å²) in [6, 6.07) is 9.46. The number of hydrogen-bond donors (Lipinski definition) is 2. The average molecular weight is 577 g/mol. The van der Waals surface area contributed by atoms with Gasteiger partial charge < -0.3 is 24.8 Å². The molecule has 1 saturated carbocycles. The van der Waals surface area contributed by atoms with Crippen molar-refractivity contribution in [1.29, 1.82) is 0 Å². The number of nitrogens with zero attached hydrogens (tertiary/aromatic N) is 5. The summed E-state index contributed by atoms with van der Waals surface area (Å²) in [4.78, 5) is 33.4. The summed E-state index contributed by atoms with van der Waals surface area (Å²) in [7, 11) is 0. The number of pyridine rings is 1. The molecule has 0 radical (unpaired) electrons. The van der Waals surface area contributed by atoms with E-state index in [0.717, 1.165) is 25.0 Å². The Hall–Kier alpha value is -3.99. The Balaban J connectivity index is 1.29. The van der Waals surface area contributed by atoms with Crippen molar-refractivity contribution in [3.8, 4) is 17.4 Å². The molecule has 1 aliphatic carbocycles. The summed E-state index contributed by atoms with van der Waals surface area (Å²) >= 11 is 0. The number of amides is 2. The van der Waals surface area contributed by atoms with E-state index < -0.39 is 23.6 Å². The first-order valence-corrected chi connectivity index (χ1v) is 14.7. The zero-order valence-electron chi connectivity index (χ0n) is 24.7. The van der Waals surface area contributed by atoms with E-state index in [0.29, 0.717) is 35.5 Å². The Morgan fingerprint density at radius 1 is 1.14 bits per heavy atom. The second-order valence-electron chi connectivity index (χ2n) is 12.1. The number of rotatable bonds is 11. The van der Waals surface area contributed by atoms with Crippen LogP contribution < -0.4 is 14.8 Å². The number of para-hydroxylation sites is 2. The molecular weight excluding hydrogens is 536 g/mol. The predicted octanol–water partition coefficient (Wildman–Crippen LogP) is 4.00. The molecule has 1 saturated heterocycles. The van der Waals surface area contributed by atoms with Crippen LogP contribution in [0.25, 0.3) is 0 Å². The number of aliphatic hydroxyl groups is 1. The van der Waals surface area contributed by atoms with Crippen LogP contribution in [0.4, 0.5) is 0 Å². The predicted molar refractivity (Wildman–Crippen MR) is 155 cm³/mol. The van der Waals surface area contributed by atoms with Gasteiger partial charge in [0, 0.05) is 43.4 Å². The molecule has 5 rings (SSSR count). The minimum atomic E-state index is -0.826. The van der Waals surface area contributed by atoms with Crippen molar-refractivity contribution in [2.75, 3.05) is 13.2 Å². The van der Waals surface area contributed by atoms with Gasteiger partial charge in [-0.2, -0.15) is 0 Å². The molecule has 1 aliphatic heterocycles. The number of nitrogens with one attached hydrogen (secondary N) is 1. The van der Waals surface area contributed by atoms with Crippen LogP contribution >= 0.6 is 0 Å². The average Bonchev–Trinajstić information content (AvgIpc) is 3.57. The fraction of sp³-hybridized carbons (Fsp3) is 0.516. The van der Waals surface area contributed by atoms with Gasteiger partial charge in [0.25, 0.3) is 0 Å². The van der Waals surface area contributed by atoms with Gasteiger partial charge in [0.05, 0.1) is 18.4 Å². The minimum absolute atomic E-state index is 0.0729. The molecule has 0 bridgehead atoms. The highest BCUT2D eigenvalue weighted by Gasteiger charge is 2.45.